The molecule has 0 radical (unpaired) electrons. The average molecular weight is 497 g/mol. The first-order valence-corrected chi connectivity index (χ1v) is 11.4. The van der Waals surface area contributed by atoms with E-state index in [9.17, 15) is 30.6 Å². The molecule has 1 saturated carbocycles. The molecular formula is C20H40N4O10. The van der Waals surface area contributed by atoms with Crippen molar-refractivity contribution in [2.75, 3.05) is 13.7 Å². The fraction of sp³-hybridized carbons (Fsp3) is 1.00. The van der Waals surface area contributed by atoms with Gasteiger partial charge in [0.15, 0.2) is 12.6 Å². The number of hydrogen-bond acceptors (Lipinski definition) is 14. The molecule has 3 aliphatic rings. The predicted octanol–water partition coefficient (Wildman–Crippen LogP) is -5.61. The lowest BCUT2D eigenvalue weighted by Gasteiger charge is -2.49. The lowest BCUT2D eigenvalue weighted by molar-refractivity contribution is -0.332. The molecule has 0 amide bonds. The summed E-state index contributed by atoms with van der Waals surface area (Å²) >= 11 is 0. The molecular weight excluding hydrogens is 456 g/mol. The number of nitrogens with one attached hydrogen (secondary N) is 1. The van der Waals surface area contributed by atoms with Crippen molar-refractivity contribution in [3.63, 3.8) is 0 Å². The Morgan fingerprint density at radius 3 is 2.00 bits per heavy atom. The molecule has 2 aliphatic heterocycles. The molecule has 13 N–H and O–H groups in total. The number of likely N-dealkylation sites (N-methyl/N-ethyl adjacent to an activating group) is 1. The van der Waals surface area contributed by atoms with Gasteiger partial charge in [0, 0.05) is 18.1 Å². The summed E-state index contributed by atoms with van der Waals surface area (Å²) in [5.74, 6) is 0. The molecule has 15 atom stereocenters. The maximum Gasteiger partial charge on any atom is 0.187 e. The van der Waals surface area contributed by atoms with Gasteiger partial charge in [0.25, 0.3) is 0 Å². The first-order chi connectivity index (χ1) is 15.8. The number of nitrogens with two attached hydrogens (primary N) is 3. The Morgan fingerprint density at radius 2 is 1.47 bits per heavy atom. The molecule has 0 aromatic rings. The van der Waals surface area contributed by atoms with E-state index in [0.717, 1.165) is 0 Å². The molecule has 2 heterocycles. The van der Waals surface area contributed by atoms with E-state index in [1.807, 2.05) is 0 Å². The van der Waals surface area contributed by atoms with Crippen LogP contribution in [0, 0.1) is 0 Å². The lowest BCUT2D eigenvalue weighted by atomic mass is 9.84. The molecule has 3 rings (SSSR count). The van der Waals surface area contributed by atoms with Crippen LogP contribution in [-0.2, 0) is 18.9 Å². The van der Waals surface area contributed by atoms with E-state index in [-0.39, 0.29) is 13.0 Å². The Morgan fingerprint density at radius 1 is 0.912 bits per heavy atom. The zero-order valence-corrected chi connectivity index (χ0v) is 19.5. The molecule has 200 valence electrons. The third kappa shape index (κ3) is 5.40. The fourth-order valence-corrected chi connectivity index (χ4v) is 4.94. The predicted molar refractivity (Wildman–Crippen MR) is 116 cm³/mol. The van der Waals surface area contributed by atoms with Gasteiger partial charge in [0.05, 0.1) is 12.6 Å². The van der Waals surface area contributed by atoms with Gasteiger partial charge in [-0.2, -0.15) is 0 Å². The Balaban J connectivity index is 1.73. The summed E-state index contributed by atoms with van der Waals surface area (Å²) in [4.78, 5) is 0. The van der Waals surface area contributed by atoms with E-state index < -0.39 is 91.2 Å². The average Bonchev–Trinajstić information content (AvgIpc) is 2.75. The summed E-state index contributed by atoms with van der Waals surface area (Å²) in [6.45, 7) is 2.93. The van der Waals surface area contributed by atoms with E-state index in [1.54, 1.807) is 14.0 Å². The van der Waals surface area contributed by atoms with Crippen molar-refractivity contribution in [2.24, 2.45) is 17.2 Å². The van der Waals surface area contributed by atoms with Crippen LogP contribution in [0.2, 0.25) is 0 Å². The monoisotopic (exact) mass is 496 g/mol. The largest absolute Gasteiger partial charge is 0.388 e. The van der Waals surface area contributed by atoms with Crippen LogP contribution in [0.3, 0.4) is 0 Å². The van der Waals surface area contributed by atoms with Crippen LogP contribution in [0.25, 0.3) is 0 Å². The van der Waals surface area contributed by atoms with Gasteiger partial charge in [-0.25, -0.2) is 0 Å². The number of aliphatic hydroxyl groups excluding tert-OH is 5. The van der Waals surface area contributed by atoms with E-state index in [0.29, 0.717) is 0 Å². The van der Waals surface area contributed by atoms with Crippen LogP contribution < -0.4 is 22.5 Å². The summed E-state index contributed by atoms with van der Waals surface area (Å²) in [7, 11) is 1.57. The summed E-state index contributed by atoms with van der Waals surface area (Å²) in [5.41, 5.74) is 16.8. The van der Waals surface area contributed by atoms with Crippen LogP contribution >= 0.6 is 0 Å². The molecule has 0 unspecified atom stereocenters. The minimum atomic E-state index is -1.64. The number of hydrogen-bond donors (Lipinski definition) is 10. The summed E-state index contributed by atoms with van der Waals surface area (Å²) in [6.07, 6.45) is -13.2. The number of ether oxygens (including phenoxy) is 4. The van der Waals surface area contributed by atoms with E-state index in [1.165, 1.54) is 6.92 Å². The van der Waals surface area contributed by atoms with Crippen LogP contribution in [0.5, 0.6) is 0 Å². The van der Waals surface area contributed by atoms with Crippen LogP contribution in [0.1, 0.15) is 20.3 Å². The van der Waals surface area contributed by atoms with Crippen molar-refractivity contribution in [2.45, 2.75) is 111 Å². The van der Waals surface area contributed by atoms with Crippen LogP contribution in [-0.4, -0.2) is 135 Å². The van der Waals surface area contributed by atoms with Crippen LogP contribution in [0.4, 0.5) is 0 Å². The molecule has 14 heteroatoms. The Labute approximate surface area is 197 Å². The first-order valence-electron chi connectivity index (χ1n) is 11.4. The van der Waals surface area contributed by atoms with Crippen molar-refractivity contribution in [1.82, 2.24) is 5.32 Å². The normalized spacial score (nSPS) is 53.5. The molecule has 2 saturated heterocycles. The van der Waals surface area contributed by atoms with Crippen molar-refractivity contribution in [3.05, 3.63) is 0 Å². The van der Waals surface area contributed by atoms with E-state index in [2.05, 4.69) is 5.32 Å². The van der Waals surface area contributed by atoms with E-state index >= 15 is 0 Å². The van der Waals surface area contributed by atoms with Gasteiger partial charge < -0.3 is 72.1 Å². The molecule has 0 aromatic heterocycles. The SMILES string of the molecule is CN[C@@H]1[C@@H](O)[C@@H](O[C@@H]2[C@@H](O)[C@H](O[C@@H]3O[C@H]([C@@H](C)N)[C@@H](O)[C@H](O)[C@H]3O)[C@@H](N)C[C@H]2N)OC[C@]1(C)O. The molecule has 14 nitrogen and oxygen atoms in total. The van der Waals surface area contributed by atoms with Crippen molar-refractivity contribution in [1.29, 1.82) is 0 Å². The maximum absolute atomic E-state index is 11.0. The van der Waals surface area contributed by atoms with Crippen molar-refractivity contribution >= 4 is 0 Å². The molecule has 3 fully saturated rings. The van der Waals surface area contributed by atoms with Crippen molar-refractivity contribution in [3.8, 4) is 0 Å². The zero-order chi connectivity index (χ0) is 25.5. The quantitative estimate of drug-likeness (QED) is 0.165. The highest BCUT2D eigenvalue weighted by atomic mass is 16.7. The second-order valence-corrected chi connectivity index (χ2v) is 9.85. The summed E-state index contributed by atoms with van der Waals surface area (Å²) in [6, 6.07) is -3.01. The van der Waals surface area contributed by atoms with Gasteiger partial charge in [-0.3, -0.25) is 0 Å². The maximum atomic E-state index is 11.0. The second kappa shape index (κ2) is 10.8. The number of aliphatic hydroxyl groups is 6. The summed E-state index contributed by atoms with van der Waals surface area (Å²) < 4.78 is 22.7. The van der Waals surface area contributed by atoms with Gasteiger partial charge >= 0.3 is 0 Å². The molecule has 0 aromatic carbocycles. The van der Waals surface area contributed by atoms with Crippen LogP contribution in [0.15, 0.2) is 0 Å². The minimum absolute atomic E-state index is 0.140. The first kappa shape index (κ1) is 28.0. The molecule has 1 aliphatic carbocycles. The van der Waals surface area contributed by atoms with Crippen molar-refractivity contribution < 1.29 is 49.6 Å². The lowest BCUT2D eigenvalue weighted by Crippen LogP contribution is -2.69. The standard InChI is InChI=1S/C20H40N4O10/c1-6(21)14-10(26)9(25)11(27)19(32-14)34-16-8(23)4-7(22)15(12(16)28)33-18-13(29)17(24-3)20(2,30)5-31-18/h6-19,24-30H,4-5,21-23H2,1-3H3/t6-,7-,8+,9+,10+,11-,12-,13-,14-,15+,16-,17-,18-,19+,20+/m1/s1. The molecule has 34 heavy (non-hydrogen) atoms. The smallest absolute Gasteiger partial charge is 0.187 e. The van der Waals surface area contributed by atoms with Gasteiger partial charge in [-0.15, -0.1) is 0 Å². The molecule has 0 spiro atoms. The highest BCUT2D eigenvalue weighted by molar-refractivity contribution is 5.02. The highest BCUT2D eigenvalue weighted by Crippen LogP contribution is 2.32. The zero-order valence-electron chi connectivity index (χ0n) is 19.5. The summed E-state index contributed by atoms with van der Waals surface area (Å²) in [5, 5.41) is 65.6. The van der Waals surface area contributed by atoms with Gasteiger partial charge in [-0.1, -0.05) is 0 Å². The Kier molecular flexibility index (Phi) is 8.92. The van der Waals surface area contributed by atoms with Gasteiger partial charge in [0.1, 0.15) is 54.4 Å². The fourth-order valence-electron chi connectivity index (χ4n) is 4.94. The molecule has 0 bridgehead atoms. The number of rotatable bonds is 6. The Hall–Kier alpha value is -0.560. The topological polar surface area (TPSA) is 248 Å². The second-order valence-electron chi connectivity index (χ2n) is 9.85. The van der Waals surface area contributed by atoms with Gasteiger partial charge in [0.2, 0.25) is 0 Å². The third-order valence-electron chi connectivity index (χ3n) is 6.91. The highest BCUT2D eigenvalue weighted by Gasteiger charge is 2.52. The third-order valence-corrected chi connectivity index (χ3v) is 6.91. The minimum Gasteiger partial charge on any atom is -0.388 e. The van der Waals surface area contributed by atoms with E-state index in [4.69, 9.17) is 36.1 Å². The van der Waals surface area contributed by atoms with Gasteiger partial charge in [-0.05, 0) is 27.3 Å². The Bertz CT molecular complexity index is 675.